The quantitative estimate of drug-likeness (QED) is 0.866. The molecule has 0 bridgehead atoms. The van der Waals surface area contributed by atoms with Crippen molar-refractivity contribution in [2.45, 2.75) is 12.8 Å². The average molecular weight is 356 g/mol. The van der Waals surface area contributed by atoms with Gasteiger partial charge in [0, 0.05) is 37.3 Å². The molecule has 2 aliphatic rings. The lowest BCUT2D eigenvalue weighted by molar-refractivity contribution is -0.0596. The van der Waals surface area contributed by atoms with Crippen LogP contribution in [0.3, 0.4) is 0 Å². The fraction of sp³-hybridized carbons (Fsp3) is 0.368. The lowest BCUT2D eigenvalue weighted by Crippen LogP contribution is -2.61. The average Bonchev–Trinajstić information content (AvgIpc) is 2.63. The number of aromatic nitrogens is 1. The van der Waals surface area contributed by atoms with Gasteiger partial charge in [0.15, 0.2) is 5.82 Å². The van der Waals surface area contributed by atoms with E-state index in [2.05, 4.69) is 10.3 Å². The number of pyridine rings is 1. The van der Waals surface area contributed by atoms with Crippen molar-refractivity contribution in [2.75, 3.05) is 37.4 Å². The number of urea groups is 1. The van der Waals surface area contributed by atoms with Gasteiger partial charge in [-0.3, -0.25) is 5.32 Å². The standard InChI is InChI=1S/C19H21FN4O2/c20-14-3-1-13(2-4-14)16-6-5-15(21)17(22-16)23-18(25)24-11-19(12-24)7-9-26-10-8-19/h1-6H,7-12,21H2,(H,22,23,25). The molecule has 3 heterocycles. The highest BCUT2D eigenvalue weighted by Crippen LogP contribution is 2.40. The van der Waals surface area contributed by atoms with Crippen LogP contribution in [0.1, 0.15) is 12.8 Å². The zero-order chi connectivity index (χ0) is 18.1. The van der Waals surface area contributed by atoms with E-state index in [9.17, 15) is 9.18 Å². The molecule has 1 aromatic heterocycles. The fourth-order valence-corrected chi connectivity index (χ4v) is 3.56. The van der Waals surface area contributed by atoms with E-state index < -0.39 is 0 Å². The molecule has 0 saturated carbocycles. The minimum absolute atomic E-state index is 0.197. The van der Waals surface area contributed by atoms with Gasteiger partial charge in [-0.2, -0.15) is 0 Å². The van der Waals surface area contributed by atoms with Crippen LogP contribution in [0, 0.1) is 11.2 Å². The Hall–Kier alpha value is -2.67. The van der Waals surface area contributed by atoms with Crippen molar-refractivity contribution in [1.82, 2.24) is 9.88 Å². The van der Waals surface area contributed by atoms with Gasteiger partial charge in [0.05, 0.1) is 11.4 Å². The Labute approximate surface area is 151 Å². The van der Waals surface area contributed by atoms with Crippen LogP contribution in [0.4, 0.5) is 20.7 Å². The number of carbonyl (C=O) groups excluding carboxylic acids is 1. The van der Waals surface area contributed by atoms with Crippen LogP contribution in [0.2, 0.25) is 0 Å². The highest BCUT2D eigenvalue weighted by atomic mass is 19.1. The Bertz CT molecular complexity index is 811. The normalized spacial score (nSPS) is 18.4. The van der Waals surface area contributed by atoms with Crippen molar-refractivity contribution in [3.8, 4) is 11.3 Å². The number of hydrogen-bond donors (Lipinski definition) is 2. The van der Waals surface area contributed by atoms with Crippen molar-refractivity contribution in [3.05, 3.63) is 42.2 Å². The predicted octanol–water partition coefficient (Wildman–Crippen LogP) is 3.11. The number of nitrogens with one attached hydrogen (secondary N) is 1. The first-order valence-corrected chi connectivity index (χ1v) is 8.71. The topological polar surface area (TPSA) is 80.5 Å². The van der Waals surface area contributed by atoms with E-state index in [0.717, 1.165) is 44.7 Å². The van der Waals surface area contributed by atoms with Gasteiger partial charge in [0.2, 0.25) is 0 Å². The summed E-state index contributed by atoms with van der Waals surface area (Å²) in [5, 5.41) is 2.80. The lowest BCUT2D eigenvalue weighted by Gasteiger charge is -2.51. The SMILES string of the molecule is Nc1ccc(-c2ccc(F)cc2)nc1NC(=O)N1CC2(CCOCC2)C1. The number of halogens is 1. The van der Waals surface area contributed by atoms with Crippen LogP contribution in [-0.2, 0) is 4.74 Å². The second kappa shape index (κ2) is 6.57. The van der Waals surface area contributed by atoms with Crippen LogP contribution in [0.5, 0.6) is 0 Å². The lowest BCUT2D eigenvalue weighted by atomic mass is 9.73. The molecule has 7 heteroatoms. The van der Waals surface area contributed by atoms with Gasteiger partial charge >= 0.3 is 6.03 Å². The zero-order valence-corrected chi connectivity index (χ0v) is 14.4. The van der Waals surface area contributed by atoms with E-state index in [-0.39, 0.29) is 17.3 Å². The largest absolute Gasteiger partial charge is 0.396 e. The molecule has 2 amide bonds. The number of likely N-dealkylation sites (tertiary alicyclic amines) is 1. The Morgan fingerprint density at radius 2 is 1.85 bits per heavy atom. The van der Waals surface area contributed by atoms with Gasteiger partial charge in [0.1, 0.15) is 5.82 Å². The number of nitrogens with zero attached hydrogens (tertiary/aromatic N) is 2. The number of rotatable bonds is 2. The number of nitrogens with two attached hydrogens (primary N) is 1. The molecular weight excluding hydrogens is 335 g/mol. The molecule has 2 aromatic rings. The predicted molar refractivity (Wildman–Crippen MR) is 97.1 cm³/mol. The van der Waals surface area contributed by atoms with Crippen LogP contribution < -0.4 is 11.1 Å². The second-order valence-corrected chi connectivity index (χ2v) is 7.04. The first kappa shape index (κ1) is 16.8. The van der Waals surface area contributed by atoms with Gasteiger partial charge in [0.25, 0.3) is 0 Å². The zero-order valence-electron chi connectivity index (χ0n) is 14.4. The maximum atomic E-state index is 13.1. The summed E-state index contributed by atoms with van der Waals surface area (Å²) in [4.78, 5) is 18.7. The highest BCUT2D eigenvalue weighted by molar-refractivity contribution is 5.92. The molecule has 136 valence electrons. The number of hydrogen-bond acceptors (Lipinski definition) is 4. The third-order valence-corrected chi connectivity index (χ3v) is 5.18. The Kier molecular flexibility index (Phi) is 4.24. The van der Waals surface area contributed by atoms with Crippen LogP contribution >= 0.6 is 0 Å². The summed E-state index contributed by atoms with van der Waals surface area (Å²) >= 11 is 0. The van der Waals surface area contributed by atoms with Crippen molar-refractivity contribution in [1.29, 1.82) is 0 Å². The molecule has 26 heavy (non-hydrogen) atoms. The number of anilines is 2. The molecule has 0 aliphatic carbocycles. The first-order valence-electron chi connectivity index (χ1n) is 8.71. The summed E-state index contributed by atoms with van der Waals surface area (Å²) in [5.74, 6) is 0.0160. The van der Waals surface area contributed by atoms with Crippen molar-refractivity contribution >= 4 is 17.5 Å². The summed E-state index contributed by atoms with van der Waals surface area (Å²) < 4.78 is 18.5. The van der Waals surface area contributed by atoms with Crippen LogP contribution in [0.15, 0.2) is 36.4 Å². The van der Waals surface area contributed by atoms with E-state index >= 15 is 0 Å². The number of nitrogen functional groups attached to an aromatic ring is 1. The Morgan fingerprint density at radius 1 is 1.15 bits per heavy atom. The molecule has 0 atom stereocenters. The van der Waals surface area contributed by atoms with Crippen LogP contribution in [-0.4, -0.2) is 42.2 Å². The van der Waals surface area contributed by atoms with Gasteiger partial charge in [-0.25, -0.2) is 14.2 Å². The molecular formula is C19H21FN4O2. The monoisotopic (exact) mass is 356 g/mol. The number of benzene rings is 1. The first-order chi connectivity index (χ1) is 12.5. The van der Waals surface area contributed by atoms with E-state index in [4.69, 9.17) is 10.5 Å². The summed E-state index contributed by atoms with van der Waals surface area (Å²) in [7, 11) is 0. The van der Waals surface area contributed by atoms with E-state index in [1.54, 1.807) is 29.2 Å². The molecule has 2 saturated heterocycles. The Balaban J connectivity index is 1.45. The molecule has 4 rings (SSSR count). The minimum atomic E-state index is -0.308. The summed E-state index contributed by atoms with van der Waals surface area (Å²) in [6.07, 6.45) is 1.99. The van der Waals surface area contributed by atoms with Crippen molar-refractivity contribution in [3.63, 3.8) is 0 Å². The molecule has 2 aliphatic heterocycles. The maximum absolute atomic E-state index is 13.1. The van der Waals surface area contributed by atoms with Crippen LogP contribution in [0.25, 0.3) is 11.3 Å². The molecule has 0 unspecified atom stereocenters. The van der Waals surface area contributed by atoms with Gasteiger partial charge in [-0.15, -0.1) is 0 Å². The van der Waals surface area contributed by atoms with Gasteiger partial charge < -0.3 is 15.4 Å². The number of carbonyl (C=O) groups is 1. The molecule has 6 nitrogen and oxygen atoms in total. The Morgan fingerprint density at radius 3 is 2.54 bits per heavy atom. The van der Waals surface area contributed by atoms with Gasteiger partial charge in [-0.05, 0) is 49.2 Å². The number of amides is 2. The van der Waals surface area contributed by atoms with Crippen molar-refractivity contribution in [2.24, 2.45) is 5.41 Å². The fourth-order valence-electron chi connectivity index (χ4n) is 3.56. The summed E-state index contributed by atoms with van der Waals surface area (Å²) in [6, 6.07) is 9.28. The summed E-state index contributed by atoms with van der Waals surface area (Å²) in [6.45, 7) is 3.01. The summed E-state index contributed by atoms with van der Waals surface area (Å²) in [5.41, 5.74) is 7.95. The van der Waals surface area contributed by atoms with E-state index in [1.807, 2.05) is 0 Å². The molecule has 0 radical (unpaired) electrons. The molecule has 1 aromatic carbocycles. The van der Waals surface area contributed by atoms with Crippen molar-refractivity contribution < 1.29 is 13.9 Å². The molecule has 1 spiro atoms. The molecule has 2 fully saturated rings. The van der Waals surface area contributed by atoms with Gasteiger partial charge in [-0.1, -0.05) is 0 Å². The van der Waals surface area contributed by atoms with E-state index in [1.165, 1.54) is 12.1 Å². The second-order valence-electron chi connectivity index (χ2n) is 7.04. The maximum Gasteiger partial charge on any atom is 0.323 e. The third-order valence-electron chi connectivity index (χ3n) is 5.18. The highest BCUT2D eigenvalue weighted by Gasteiger charge is 2.45. The molecule has 3 N–H and O–H groups in total. The number of ether oxygens (including phenoxy) is 1. The minimum Gasteiger partial charge on any atom is -0.396 e. The smallest absolute Gasteiger partial charge is 0.323 e. The third kappa shape index (κ3) is 3.22. The van der Waals surface area contributed by atoms with E-state index in [0.29, 0.717) is 17.2 Å².